The fraction of sp³-hybridized carbons (Fsp3) is 0.650. The number of nitrogens with zero attached hydrogens (tertiary/aromatic N) is 2. The number of carbonyl (C=O) groups excluding carboxylic acids is 1. The lowest BCUT2D eigenvalue weighted by atomic mass is 10.1. The van der Waals surface area contributed by atoms with E-state index >= 15 is 0 Å². The Morgan fingerprint density at radius 3 is 2.16 bits per heavy atom. The Balaban J connectivity index is 1.34. The van der Waals surface area contributed by atoms with Gasteiger partial charge in [-0.2, -0.15) is 0 Å². The minimum atomic E-state index is -0.000867. The first kappa shape index (κ1) is 18.2. The van der Waals surface area contributed by atoms with E-state index in [-0.39, 0.29) is 5.91 Å². The van der Waals surface area contributed by atoms with E-state index in [2.05, 4.69) is 15.1 Å². The standard InChI is InChI=1S/C20H31N3O2/c24-20(21-10-15-22-13-4-5-14-22)18-6-8-19(9-7-18)25-17-16-23-11-2-1-3-12-23/h6-9H,1-5,10-17H2,(H,21,24). The van der Waals surface area contributed by atoms with Crippen LogP contribution >= 0.6 is 0 Å². The van der Waals surface area contributed by atoms with Crippen molar-refractivity contribution in [3.05, 3.63) is 29.8 Å². The Morgan fingerprint density at radius 1 is 0.880 bits per heavy atom. The van der Waals surface area contributed by atoms with E-state index in [0.717, 1.165) is 18.8 Å². The molecule has 1 amide bonds. The molecule has 1 aromatic rings. The van der Waals surface area contributed by atoms with Crippen LogP contribution in [0.1, 0.15) is 42.5 Å². The van der Waals surface area contributed by atoms with Gasteiger partial charge in [-0.25, -0.2) is 0 Å². The summed E-state index contributed by atoms with van der Waals surface area (Å²) in [4.78, 5) is 17.0. The number of hydrogen-bond acceptors (Lipinski definition) is 4. The van der Waals surface area contributed by atoms with Crippen molar-refractivity contribution in [3.8, 4) is 5.75 Å². The highest BCUT2D eigenvalue weighted by Crippen LogP contribution is 2.13. The van der Waals surface area contributed by atoms with Gasteiger partial charge in [0, 0.05) is 25.2 Å². The third-order valence-electron chi connectivity index (χ3n) is 5.15. The second kappa shape index (κ2) is 9.78. The molecule has 2 fully saturated rings. The summed E-state index contributed by atoms with van der Waals surface area (Å²) in [5.41, 5.74) is 0.699. The summed E-state index contributed by atoms with van der Waals surface area (Å²) >= 11 is 0. The average molecular weight is 345 g/mol. The Morgan fingerprint density at radius 2 is 1.48 bits per heavy atom. The second-order valence-electron chi connectivity index (χ2n) is 7.08. The Bertz CT molecular complexity index is 520. The van der Waals surface area contributed by atoms with E-state index < -0.39 is 0 Å². The first-order valence-corrected chi connectivity index (χ1v) is 9.77. The van der Waals surface area contributed by atoms with Crippen molar-refractivity contribution in [1.82, 2.24) is 15.1 Å². The number of likely N-dealkylation sites (tertiary alicyclic amines) is 2. The van der Waals surface area contributed by atoms with E-state index in [1.54, 1.807) is 0 Å². The first-order valence-electron chi connectivity index (χ1n) is 9.77. The monoisotopic (exact) mass is 345 g/mol. The lowest BCUT2D eigenvalue weighted by Crippen LogP contribution is -2.33. The normalized spacial score (nSPS) is 19.0. The Hall–Kier alpha value is -1.59. The lowest BCUT2D eigenvalue weighted by Gasteiger charge is -2.26. The van der Waals surface area contributed by atoms with Crippen LogP contribution in [0.25, 0.3) is 0 Å². The van der Waals surface area contributed by atoms with E-state index in [0.29, 0.717) is 18.7 Å². The lowest BCUT2D eigenvalue weighted by molar-refractivity contribution is 0.0949. The highest BCUT2D eigenvalue weighted by atomic mass is 16.5. The number of piperidine rings is 1. The largest absolute Gasteiger partial charge is 0.492 e. The molecular weight excluding hydrogens is 314 g/mol. The minimum absolute atomic E-state index is 0.000867. The minimum Gasteiger partial charge on any atom is -0.492 e. The Kier molecular flexibility index (Phi) is 7.12. The van der Waals surface area contributed by atoms with Crippen molar-refractivity contribution in [2.75, 3.05) is 52.4 Å². The van der Waals surface area contributed by atoms with E-state index in [1.807, 2.05) is 24.3 Å². The maximum atomic E-state index is 12.2. The SMILES string of the molecule is O=C(NCCN1CCCC1)c1ccc(OCCN2CCCCC2)cc1. The summed E-state index contributed by atoms with van der Waals surface area (Å²) in [6.45, 7) is 8.08. The molecule has 3 rings (SSSR count). The Labute approximate surface area is 151 Å². The van der Waals surface area contributed by atoms with Gasteiger partial charge in [-0.15, -0.1) is 0 Å². The molecule has 0 spiro atoms. The van der Waals surface area contributed by atoms with Crippen LogP contribution in [-0.4, -0.2) is 68.1 Å². The van der Waals surface area contributed by atoms with Gasteiger partial charge in [0.2, 0.25) is 0 Å². The van der Waals surface area contributed by atoms with Gasteiger partial charge < -0.3 is 15.0 Å². The predicted molar refractivity (Wildman–Crippen MR) is 100 cm³/mol. The third kappa shape index (κ3) is 6.01. The fourth-order valence-corrected chi connectivity index (χ4v) is 3.61. The molecule has 0 bridgehead atoms. The van der Waals surface area contributed by atoms with Crippen molar-refractivity contribution >= 4 is 5.91 Å². The van der Waals surface area contributed by atoms with Crippen LogP contribution in [0, 0.1) is 0 Å². The number of amides is 1. The molecule has 138 valence electrons. The topological polar surface area (TPSA) is 44.8 Å². The van der Waals surface area contributed by atoms with Crippen LogP contribution in [0.3, 0.4) is 0 Å². The van der Waals surface area contributed by atoms with Gasteiger partial charge in [0.15, 0.2) is 0 Å². The highest BCUT2D eigenvalue weighted by molar-refractivity contribution is 5.94. The van der Waals surface area contributed by atoms with Crippen molar-refractivity contribution in [3.63, 3.8) is 0 Å². The van der Waals surface area contributed by atoms with E-state index in [9.17, 15) is 4.79 Å². The molecule has 1 aromatic carbocycles. The van der Waals surface area contributed by atoms with Gasteiger partial charge in [0.25, 0.3) is 5.91 Å². The number of hydrogen-bond donors (Lipinski definition) is 1. The molecule has 5 nitrogen and oxygen atoms in total. The molecular formula is C20H31N3O2. The van der Waals surface area contributed by atoms with Crippen molar-refractivity contribution in [1.29, 1.82) is 0 Å². The molecule has 5 heteroatoms. The molecule has 2 saturated heterocycles. The van der Waals surface area contributed by atoms with Crippen molar-refractivity contribution in [2.45, 2.75) is 32.1 Å². The molecule has 2 heterocycles. The molecule has 25 heavy (non-hydrogen) atoms. The zero-order chi connectivity index (χ0) is 17.3. The van der Waals surface area contributed by atoms with Crippen LogP contribution in [0.2, 0.25) is 0 Å². The molecule has 0 saturated carbocycles. The van der Waals surface area contributed by atoms with Crippen LogP contribution in [0.4, 0.5) is 0 Å². The van der Waals surface area contributed by atoms with Crippen LogP contribution in [-0.2, 0) is 0 Å². The predicted octanol–water partition coefficient (Wildman–Crippen LogP) is 2.38. The maximum absolute atomic E-state index is 12.2. The van der Waals surface area contributed by atoms with Crippen LogP contribution in [0.15, 0.2) is 24.3 Å². The molecule has 1 N–H and O–H groups in total. The summed E-state index contributed by atoms with van der Waals surface area (Å²) in [5, 5.41) is 3.00. The molecule has 0 unspecified atom stereocenters. The maximum Gasteiger partial charge on any atom is 0.251 e. The molecule has 2 aliphatic rings. The first-order chi connectivity index (χ1) is 12.3. The molecule has 0 aromatic heterocycles. The molecule has 2 aliphatic heterocycles. The zero-order valence-corrected chi connectivity index (χ0v) is 15.2. The average Bonchev–Trinajstić information content (AvgIpc) is 3.16. The molecule has 0 atom stereocenters. The van der Waals surface area contributed by atoms with E-state index in [4.69, 9.17) is 4.74 Å². The van der Waals surface area contributed by atoms with Crippen molar-refractivity contribution < 1.29 is 9.53 Å². The quantitative estimate of drug-likeness (QED) is 0.786. The fourth-order valence-electron chi connectivity index (χ4n) is 3.61. The summed E-state index contributed by atoms with van der Waals surface area (Å²) in [5.74, 6) is 0.838. The van der Waals surface area contributed by atoms with Gasteiger partial charge in [-0.05, 0) is 76.1 Å². The van der Waals surface area contributed by atoms with Gasteiger partial charge in [0.1, 0.15) is 12.4 Å². The van der Waals surface area contributed by atoms with Crippen molar-refractivity contribution in [2.24, 2.45) is 0 Å². The number of benzene rings is 1. The number of ether oxygens (including phenoxy) is 1. The van der Waals surface area contributed by atoms with Crippen LogP contribution < -0.4 is 10.1 Å². The van der Waals surface area contributed by atoms with Gasteiger partial charge in [0.05, 0.1) is 0 Å². The summed E-state index contributed by atoms with van der Waals surface area (Å²) in [6, 6.07) is 7.49. The summed E-state index contributed by atoms with van der Waals surface area (Å²) in [7, 11) is 0. The van der Waals surface area contributed by atoms with Crippen LogP contribution in [0.5, 0.6) is 5.75 Å². The van der Waals surface area contributed by atoms with E-state index in [1.165, 1.54) is 58.3 Å². The summed E-state index contributed by atoms with van der Waals surface area (Å²) < 4.78 is 5.81. The summed E-state index contributed by atoms with van der Waals surface area (Å²) in [6.07, 6.45) is 6.54. The highest BCUT2D eigenvalue weighted by Gasteiger charge is 2.12. The number of carbonyl (C=O) groups is 1. The number of rotatable bonds is 8. The molecule has 0 aliphatic carbocycles. The second-order valence-corrected chi connectivity index (χ2v) is 7.08. The zero-order valence-electron chi connectivity index (χ0n) is 15.2. The van der Waals surface area contributed by atoms with Gasteiger partial charge in [-0.3, -0.25) is 9.69 Å². The number of nitrogens with one attached hydrogen (secondary N) is 1. The molecule has 0 radical (unpaired) electrons. The smallest absolute Gasteiger partial charge is 0.251 e. The third-order valence-corrected chi connectivity index (χ3v) is 5.15. The van der Waals surface area contributed by atoms with Gasteiger partial charge >= 0.3 is 0 Å². The van der Waals surface area contributed by atoms with Gasteiger partial charge in [-0.1, -0.05) is 6.42 Å².